The van der Waals surface area contributed by atoms with Crippen LogP contribution in [0.2, 0.25) is 0 Å². The summed E-state index contributed by atoms with van der Waals surface area (Å²) in [5.41, 5.74) is 9.85. The normalized spacial score (nSPS) is 10.3. The van der Waals surface area contributed by atoms with Gasteiger partial charge >= 0.3 is 0 Å². The Hall–Kier alpha value is -1.94. The zero-order chi connectivity index (χ0) is 14.7. The van der Waals surface area contributed by atoms with E-state index in [4.69, 9.17) is 11.1 Å². The third-order valence-corrected chi connectivity index (χ3v) is 4.11. The van der Waals surface area contributed by atoms with E-state index < -0.39 is 0 Å². The van der Waals surface area contributed by atoms with Crippen molar-refractivity contribution < 1.29 is 0 Å². The average molecular weight is 285 g/mol. The maximum absolute atomic E-state index is 7.87. The molecule has 0 aliphatic carbocycles. The Morgan fingerprint density at radius 2 is 1.75 bits per heavy atom. The highest BCUT2D eigenvalue weighted by atomic mass is 32.2. The van der Waals surface area contributed by atoms with Crippen LogP contribution < -0.4 is 10.6 Å². The molecule has 104 valence electrons. The smallest absolute Gasteiger partial charge is 0.126 e. The lowest BCUT2D eigenvalue weighted by Crippen LogP contribution is -2.20. The molecule has 0 spiro atoms. The van der Waals surface area contributed by atoms with Crippen LogP contribution in [0.25, 0.3) is 0 Å². The van der Waals surface area contributed by atoms with Crippen molar-refractivity contribution in [3.63, 3.8) is 0 Å². The number of benzene rings is 2. The Bertz CT molecular complexity index is 637. The number of aryl methyl sites for hydroxylation is 1. The van der Waals surface area contributed by atoms with E-state index >= 15 is 0 Å². The molecule has 3 N–H and O–H groups in total. The lowest BCUT2D eigenvalue weighted by molar-refractivity contribution is 1.16. The first-order valence-electron chi connectivity index (χ1n) is 6.37. The maximum atomic E-state index is 7.87. The monoisotopic (exact) mass is 285 g/mol. The molecule has 3 nitrogen and oxygen atoms in total. The van der Waals surface area contributed by atoms with Gasteiger partial charge in [-0.3, -0.25) is 5.41 Å². The van der Waals surface area contributed by atoms with E-state index in [1.807, 2.05) is 43.6 Å². The molecule has 0 fully saturated rings. The fraction of sp³-hybridized carbons (Fsp3) is 0.188. The summed E-state index contributed by atoms with van der Waals surface area (Å²) in [5.74, 6) is 0.102. The molecule has 0 saturated heterocycles. The van der Waals surface area contributed by atoms with Crippen LogP contribution in [0.5, 0.6) is 0 Å². The second-order valence-electron chi connectivity index (χ2n) is 4.61. The number of nitrogens with one attached hydrogen (secondary N) is 1. The Labute approximate surface area is 124 Å². The lowest BCUT2D eigenvalue weighted by Gasteiger charge is -2.25. The summed E-state index contributed by atoms with van der Waals surface area (Å²) >= 11 is 1.61. The third kappa shape index (κ3) is 2.65. The second kappa shape index (κ2) is 6.01. The van der Waals surface area contributed by atoms with Crippen molar-refractivity contribution in [3.8, 4) is 0 Å². The van der Waals surface area contributed by atoms with E-state index in [9.17, 15) is 0 Å². The van der Waals surface area contributed by atoms with Gasteiger partial charge < -0.3 is 10.6 Å². The second-order valence-corrected chi connectivity index (χ2v) is 5.46. The summed E-state index contributed by atoms with van der Waals surface area (Å²) in [4.78, 5) is 3.11. The molecule has 0 aliphatic heterocycles. The van der Waals surface area contributed by atoms with Gasteiger partial charge in [-0.05, 0) is 36.9 Å². The molecule has 4 heteroatoms. The summed E-state index contributed by atoms with van der Waals surface area (Å²) in [5, 5.41) is 7.87. The molecule has 0 heterocycles. The van der Waals surface area contributed by atoms with Crippen LogP contribution in [0, 0.1) is 12.3 Å². The van der Waals surface area contributed by atoms with Crippen LogP contribution in [0.4, 0.5) is 11.4 Å². The van der Waals surface area contributed by atoms with Crippen LogP contribution in [-0.4, -0.2) is 19.1 Å². The van der Waals surface area contributed by atoms with E-state index in [1.165, 1.54) is 5.56 Å². The predicted molar refractivity (Wildman–Crippen MR) is 88.5 cm³/mol. The summed E-state index contributed by atoms with van der Waals surface area (Å²) in [6.07, 6.45) is 2.00. The Kier molecular flexibility index (Phi) is 4.35. The molecule has 0 atom stereocenters. The van der Waals surface area contributed by atoms with Crippen molar-refractivity contribution >= 4 is 29.0 Å². The van der Waals surface area contributed by atoms with Crippen molar-refractivity contribution in [2.75, 3.05) is 18.2 Å². The number of nitrogens with two attached hydrogens (primary N) is 1. The van der Waals surface area contributed by atoms with E-state index in [0.29, 0.717) is 0 Å². The maximum Gasteiger partial charge on any atom is 0.126 e. The first kappa shape index (κ1) is 14.5. The molecule has 0 aliphatic rings. The van der Waals surface area contributed by atoms with Gasteiger partial charge in [0.15, 0.2) is 0 Å². The van der Waals surface area contributed by atoms with Gasteiger partial charge in [-0.1, -0.05) is 24.3 Å². The highest BCUT2D eigenvalue weighted by Gasteiger charge is 2.15. The molecule has 0 bridgehead atoms. The van der Waals surface area contributed by atoms with Gasteiger partial charge in [0.25, 0.3) is 0 Å². The first-order chi connectivity index (χ1) is 9.56. The Morgan fingerprint density at radius 3 is 2.35 bits per heavy atom. The van der Waals surface area contributed by atoms with Crippen LogP contribution in [-0.2, 0) is 0 Å². The van der Waals surface area contributed by atoms with Crippen molar-refractivity contribution in [1.82, 2.24) is 0 Å². The summed E-state index contributed by atoms with van der Waals surface area (Å²) in [7, 11) is 2.01. The molecule has 20 heavy (non-hydrogen) atoms. The minimum absolute atomic E-state index is 0.102. The summed E-state index contributed by atoms with van der Waals surface area (Å²) < 4.78 is 0. The van der Waals surface area contributed by atoms with E-state index in [2.05, 4.69) is 24.0 Å². The zero-order valence-electron chi connectivity index (χ0n) is 12.0. The Balaban J connectivity index is 2.58. The standard InChI is InChI=1S/C16H19N3S/c1-11-7-4-5-8-12(11)19(2)13-9-6-10-14(20-3)15(13)16(17)18/h4-10H,1-3H3,(H3,17,18). The lowest BCUT2D eigenvalue weighted by atomic mass is 10.1. The van der Waals surface area contributed by atoms with E-state index in [-0.39, 0.29) is 5.84 Å². The zero-order valence-corrected chi connectivity index (χ0v) is 12.8. The summed E-state index contributed by atoms with van der Waals surface area (Å²) in [6, 6.07) is 14.2. The third-order valence-electron chi connectivity index (χ3n) is 3.33. The van der Waals surface area contributed by atoms with Crippen LogP contribution in [0.15, 0.2) is 47.4 Å². The minimum Gasteiger partial charge on any atom is -0.384 e. The van der Waals surface area contributed by atoms with Crippen LogP contribution in [0.1, 0.15) is 11.1 Å². The minimum atomic E-state index is 0.102. The van der Waals surface area contributed by atoms with E-state index in [0.717, 1.165) is 21.8 Å². The predicted octanol–water partition coefficient (Wildman–Crippen LogP) is 3.77. The number of hydrogen-bond donors (Lipinski definition) is 2. The van der Waals surface area contributed by atoms with Gasteiger partial charge in [-0.2, -0.15) is 0 Å². The molecule has 2 aromatic rings. The average Bonchev–Trinajstić information content (AvgIpc) is 2.46. The SMILES string of the molecule is CSc1cccc(N(C)c2ccccc2C)c1C(=N)N. The number of thioether (sulfide) groups is 1. The number of nitrogens with zero attached hydrogens (tertiary/aromatic N) is 1. The molecule has 0 aromatic heterocycles. The first-order valence-corrected chi connectivity index (χ1v) is 7.59. The van der Waals surface area contributed by atoms with Gasteiger partial charge in [0.1, 0.15) is 5.84 Å². The summed E-state index contributed by atoms with van der Waals surface area (Å²) in [6.45, 7) is 2.08. The fourth-order valence-electron chi connectivity index (χ4n) is 2.31. The van der Waals surface area contributed by atoms with Gasteiger partial charge in [0.2, 0.25) is 0 Å². The highest BCUT2D eigenvalue weighted by Crippen LogP contribution is 2.33. The molecule has 2 rings (SSSR count). The molecule has 2 aromatic carbocycles. The molecule has 0 radical (unpaired) electrons. The molecule has 0 saturated carbocycles. The van der Waals surface area contributed by atoms with Gasteiger partial charge in [0.05, 0.1) is 11.3 Å². The molecular formula is C16H19N3S. The van der Waals surface area contributed by atoms with Crippen LogP contribution >= 0.6 is 11.8 Å². The number of rotatable bonds is 4. The number of anilines is 2. The van der Waals surface area contributed by atoms with Gasteiger partial charge in [0, 0.05) is 17.6 Å². The fourth-order valence-corrected chi connectivity index (χ4v) is 2.94. The van der Waals surface area contributed by atoms with Crippen LogP contribution in [0.3, 0.4) is 0 Å². The van der Waals surface area contributed by atoms with E-state index in [1.54, 1.807) is 11.8 Å². The number of nitrogen functional groups attached to an aromatic ring is 1. The quantitative estimate of drug-likeness (QED) is 0.511. The Morgan fingerprint density at radius 1 is 1.10 bits per heavy atom. The highest BCUT2D eigenvalue weighted by molar-refractivity contribution is 7.98. The molecule has 0 amide bonds. The van der Waals surface area contributed by atoms with Crippen molar-refractivity contribution in [1.29, 1.82) is 5.41 Å². The number of para-hydroxylation sites is 1. The molecular weight excluding hydrogens is 266 g/mol. The number of amidine groups is 1. The van der Waals surface area contributed by atoms with Crippen molar-refractivity contribution in [2.24, 2.45) is 5.73 Å². The van der Waals surface area contributed by atoms with Gasteiger partial charge in [-0.25, -0.2) is 0 Å². The topological polar surface area (TPSA) is 53.1 Å². The van der Waals surface area contributed by atoms with Crippen molar-refractivity contribution in [2.45, 2.75) is 11.8 Å². The van der Waals surface area contributed by atoms with Crippen molar-refractivity contribution in [3.05, 3.63) is 53.6 Å². The number of hydrogen-bond acceptors (Lipinski definition) is 3. The molecule has 0 unspecified atom stereocenters. The van der Waals surface area contributed by atoms with Gasteiger partial charge in [-0.15, -0.1) is 11.8 Å². The largest absolute Gasteiger partial charge is 0.384 e.